The molecule has 0 saturated carbocycles. The number of pyridine rings is 3. The van der Waals surface area contributed by atoms with Crippen molar-refractivity contribution in [1.82, 2.24) is 59.4 Å². The van der Waals surface area contributed by atoms with E-state index in [1.165, 1.54) is 85.0 Å². The Morgan fingerprint density at radius 3 is 1.42 bits per heavy atom. The molecule has 1 N–H and O–H groups in total. The maximum absolute atomic E-state index is 14.6. The van der Waals surface area contributed by atoms with Crippen LogP contribution in [0.3, 0.4) is 0 Å². The number of nitrogens with zero attached hydrogens (tertiary/aromatic N) is 14. The smallest absolute Gasteiger partial charge is 0.436 e. The Morgan fingerprint density at radius 2 is 0.991 bits per heavy atom. The molecule has 21 nitrogen and oxygen atoms in total. The van der Waals surface area contributed by atoms with E-state index in [1.54, 1.807) is 79.1 Å². The van der Waals surface area contributed by atoms with Gasteiger partial charge < -0.3 is 43.6 Å². The van der Waals surface area contributed by atoms with Gasteiger partial charge in [-0.05, 0) is 81.4 Å². The lowest BCUT2D eigenvalue weighted by atomic mass is 10.1. The molecule has 3 aromatic carbocycles. The second-order valence-corrected chi connectivity index (χ2v) is 26.9. The van der Waals surface area contributed by atoms with Crippen LogP contribution in [0, 0.1) is 11.6 Å². The predicted molar refractivity (Wildman–Crippen MR) is 388 cm³/mol. The summed E-state index contributed by atoms with van der Waals surface area (Å²) in [6.45, 7) is 6.22. The maximum Gasteiger partial charge on any atom is 0.436 e. The highest BCUT2D eigenvalue weighted by atomic mass is 35.5. The number of carbonyl (C=O) groups excluding carboxylic acids is 3. The molecule has 0 spiro atoms. The molecule has 0 bridgehead atoms. The van der Waals surface area contributed by atoms with Crippen LogP contribution < -0.4 is 28.9 Å². The molecule has 40 heteroatoms. The minimum absolute atomic E-state index is 0.00501. The highest BCUT2D eigenvalue weighted by Gasteiger charge is 2.44. The Kier molecular flexibility index (Phi) is 27.7. The van der Waals surface area contributed by atoms with Crippen LogP contribution in [0.2, 0.25) is 30.1 Å². The SMILES string of the molecule is COc1cc(N2CC(F)N(C(=O)CCl)[C@@H](C)C2)ccc1Cl.COc1cc(N2CCN(C(=O)Cn3nc(-c4ccccn4)c(Cl)c3C(F)(F)F)[C@@H](C)C2)c(F)cc1Cl.COc1cc(N2CCN(C(=O)Cn3nc(C(F)(F)F)c(Cl)c3-c3ccccn3)[C@@H](C)C2)c(F)cc1Cl.FC(F)(F)c1[nH]nc(-c2ccccn2)c1Cl. The van der Waals surface area contributed by atoms with Gasteiger partial charge in [-0.15, -0.1) is 11.6 Å². The number of halogens is 19. The van der Waals surface area contributed by atoms with Crippen molar-refractivity contribution in [2.75, 3.05) is 94.3 Å². The van der Waals surface area contributed by atoms with Crippen molar-refractivity contribution in [3.05, 3.63) is 175 Å². The molecule has 9 aromatic rings. The van der Waals surface area contributed by atoms with E-state index < -0.39 is 99.6 Å². The number of piperazine rings is 3. The lowest BCUT2D eigenvalue weighted by Gasteiger charge is -2.43. The molecule has 3 fully saturated rings. The topological polar surface area (TPSA) is 201 Å². The van der Waals surface area contributed by atoms with E-state index >= 15 is 0 Å². The first-order valence-corrected chi connectivity index (χ1v) is 35.3. The third-order valence-corrected chi connectivity index (χ3v) is 19.4. The van der Waals surface area contributed by atoms with Gasteiger partial charge in [0.05, 0.1) is 71.4 Å². The van der Waals surface area contributed by atoms with Gasteiger partial charge in [-0.1, -0.05) is 87.8 Å². The predicted octanol–water partition coefficient (Wildman–Crippen LogP) is 16.4. The molecule has 109 heavy (non-hydrogen) atoms. The lowest BCUT2D eigenvalue weighted by molar-refractivity contribution is -0.146. The van der Waals surface area contributed by atoms with E-state index in [1.807, 2.05) is 16.1 Å². The van der Waals surface area contributed by atoms with Crippen LogP contribution in [0.15, 0.2) is 116 Å². The van der Waals surface area contributed by atoms with Gasteiger partial charge in [-0.3, -0.25) is 39.1 Å². The van der Waals surface area contributed by atoms with Crippen LogP contribution in [0.4, 0.5) is 69.7 Å². The van der Waals surface area contributed by atoms with Gasteiger partial charge in [0.1, 0.15) is 80.0 Å². The summed E-state index contributed by atoms with van der Waals surface area (Å²) in [6, 6.07) is 23.7. The highest BCUT2D eigenvalue weighted by Crippen LogP contribution is 2.43. The molecule has 3 aliphatic rings. The molecule has 0 aliphatic carbocycles. The molecule has 6 aromatic heterocycles. The van der Waals surface area contributed by atoms with Crippen LogP contribution in [0.5, 0.6) is 17.2 Å². The minimum Gasteiger partial charge on any atom is -0.495 e. The van der Waals surface area contributed by atoms with Gasteiger partial charge in [-0.2, -0.15) is 54.8 Å². The number of methoxy groups -OCH3 is 3. The standard InChI is InChI=1S/2C23H21Cl2F4N5O2.C14H17Cl2FN2O2.C9H5ClF3N3/c1-13-11-32(17-10-18(36-2)14(24)9-15(17)26)7-8-33(13)19(35)12-34-21(16-5-3-4-6-30-16)20(25)22(31-34)23(27,28)29;1-13-11-32(17-10-18(36-2)14(24)9-15(17)26)7-8-33(13)19(35)12-34-22(23(27,28)29)20(25)21(31-34)16-5-3-4-6-30-16;1-9-7-18(8-13(17)19(9)14(20)6-15)10-3-4-11(16)12(5-10)21-2;10-6-7(5-3-1-2-4-14-5)15-16-8(6)9(11,12)13/h2*3-6,9-10,13H,7-8,11-12H2,1-2H3;3-5,9,13H,6-8H2,1-2H3;1-4H,(H,15,16)/t2*13-;9-,13?;/m000./s1. The summed E-state index contributed by atoms with van der Waals surface area (Å²) >= 11 is 41.2. The first-order valence-electron chi connectivity index (χ1n) is 32.5. The number of ether oxygens (including phenoxy) is 3. The molecule has 1 unspecified atom stereocenters. The summed E-state index contributed by atoms with van der Waals surface area (Å²) in [5, 5.41) is 12.0. The zero-order chi connectivity index (χ0) is 79.7. The summed E-state index contributed by atoms with van der Waals surface area (Å²) in [5.41, 5.74) is -1.89. The number of nitrogens with one attached hydrogen (secondary N) is 1. The second kappa shape index (κ2) is 35.9. The number of aromatic amines is 1. The average molecular weight is 1680 g/mol. The number of rotatable bonds is 14. The zero-order valence-electron chi connectivity index (χ0n) is 57.9. The van der Waals surface area contributed by atoms with Gasteiger partial charge in [0, 0.05) is 106 Å². The van der Waals surface area contributed by atoms with Gasteiger partial charge in [-0.25, -0.2) is 17.9 Å². The van der Waals surface area contributed by atoms with E-state index in [2.05, 4.69) is 30.2 Å². The van der Waals surface area contributed by atoms with Crippen molar-refractivity contribution < 1.29 is 81.3 Å². The van der Waals surface area contributed by atoms with Crippen molar-refractivity contribution in [2.45, 2.75) is 76.8 Å². The molecule has 3 aliphatic heterocycles. The maximum atomic E-state index is 14.6. The Balaban J connectivity index is 0.000000176. The average Bonchev–Trinajstić information content (AvgIpc) is 1.63. The summed E-state index contributed by atoms with van der Waals surface area (Å²) in [7, 11) is 4.37. The van der Waals surface area contributed by atoms with E-state index in [9.17, 15) is 67.1 Å². The first-order chi connectivity index (χ1) is 51.5. The Labute approximate surface area is 650 Å². The van der Waals surface area contributed by atoms with Crippen LogP contribution in [0.1, 0.15) is 37.9 Å². The summed E-state index contributed by atoms with van der Waals surface area (Å²) in [4.78, 5) is 59.4. The third kappa shape index (κ3) is 19.8. The number of alkyl halides is 11. The number of amides is 3. The Bertz CT molecular complexity index is 4660. The van der Waals surface area contributed by atoms with Crippen LogP contribution >= 0.6 is 81.2 Å². The summed E-state index contributed by atoms with van der Waals surface area (Å²) in [6.07, 6.45) is -11.3. The summed E-state index contributed by atoms with van der Waals surface area (Å²) < 4.78 is 180. The Morgan fingerprint density at radius 1 is 0.514 bits per heavy atom. The fourth-order valence-corrected chi connectivity index (χ4v) is 13.8. The van der Waals surface area contributed by atoms with Gasteiger partial charge in [0.15, 0.2) is 23.4 Å². The van der Waals surface area contributed by atoms with Crippen molar-refractivity contribution in [1.29, 1.82) is 0 Å². The van der Waals surface area contributed by atoms with E-state index in [0.29, 0.717) is 45.7 Å². The molecule has 0 radical (unpaired) electrons. The second-order valence-electron chi connectivity index (χ2n) is 24.3. The largest absolute Gasteiger partial charge is 0.495 e. The number of hydrogen-bond donors (Lipinski definition) is 1. The number of hydrogen-bond acceptors (Lipinski definition) is 15. The van der Waals surface area contributed by atoms with E-state index in [0.717, 1.165) is 22.5 Å². The quantitative estimate of drug-likeness (QED) is 0.0611. The molecular formula is C69H64Cl7F12N15O6. The van der Waals surface area contributed by atoms with E-state index in [-0.39, 0.29) is 113 Å². The number of carbonyl (C=O) groups is 3. The van der Waals surface area contributed by atoms with Crippen molar-refractivity contribution in [2.24, 2.45) is 0 Å². The first kappa shape index (κ1) is 84.2. The monoisotopic (exact) mass is 1670 g/mol. The fourth-order valence-electron chi connectivity index (χ4n) is 12.1. The molecular weight excluding hydrogens is 1610 g/mol. The molecule has 3 saturated heterocycles. The highest BCUT2D eigenvalue weighted by molar-refractivity contribution is 6.35. The van der Waals surface area contributed by atoms with E-state index in [4.69, 9.17) is 95.4 Å². The lowest BCUT2D eigenvalue weighted by Crippen LogP contribution is -2.58. The van der Waals surface area contributed by atoms with Crippen LogP contribution in [0.25, 0.3) is 34.2 Å². The molecule has 584 valence electrons. The van der Waals surface area contributed by atoms with Crippen LogP contribution in [-0.2, 0) is 46.0 Å². The molecule has 3 amide bonds. The zero-order valence-corrected chi connectivity index (χ0v) is 63.2. The normalized spacial score (nSPS) is 16.9. The summed E-state index contributed by atoms with van der Waals surface area (Å²) in [5.74, 6) is -1.54. The number of anilines is 3. The van der Waals surface area contributed by atoms with Crippen molar-refractivity contribution in [3.8, 4) is 51.4 Å². The van der Waals surface area contributed by atoms with Gasteiger partial charge in [0.25, 0.3) is 0 Å². The Hall–Kier alpha value is -8.86. The van der Waals surface area contributed by atoms with Crippen molar-refractivity contribution in [3.63, 3.8) is 0 Å². The van der Waals surface area contributed by atoms with Crippen LogP contribution in [-0.4, -0.2) is 181 Å². The number of benzene rings is 3. The van der Waals surface area contributed by atoms with Gasteiger partial charge >= 0.3 is 18.5 Å². The molecule has 9 heterocycles. The number of aromatic nitrogens is 9. The van der Waals surface area contributed by atoms with Crippen molar-refractivity contribution >= 4 is 116 Å². The third-order valence-electron chi connectivity index (χ3n) is 17.2. The molecule has 4 atom stereocenters. The van der Waals surface area contributed by atoms with Gasteiger partial charge in [0.2, 0.25) is 17.7 Å². The number of H-pyrrole nitrogens is 1. The fraction of sp³-hybridized carbons (Fsp3) is 0.348. The molecule has 12 rings (SSSR count). The minimum atomic E-state index is -4.84.